The van der Waals surface area contributed by atoms with Crippen LogP contribution in [-0.4, -0.2) is 43.5 Å². The van der Waals surface area contributed by atoms with Crippen LogP contribution >= 0.6 is 0 Å². The van der Waals surface area contributed by atoms with Crippen molar-refractivity contribution in [3.63, 3.8) is 0 Å². The van der Waals surface area contributed by atoms with Gasteiger partial charge in [-0.3, -0.25) is 4.79 Å². The number of amides is 1. The van der Waals surface area contributed by atoms with Gasteiger partial charge in [-0.1, -0.05) is 0 Å². The van der Waals surface area contributed by atoms with Crippen molar-refractivity contribution in [2.45, 2.75) is 0 Å². The second kappa shape index (κ2) is 7.69. The Morgan fingerprint density at radius 3 is 2.41 bits per heavy atom. The minimum absolute atomic E-state index is 0.00807. The molecular weight excluding hydrogens is 350 g/mol. The van der Waals surface area contributed by atoms with Gasteiger partial charge in [0.2, 0.25) is 0 Å². The van der Waals surface area contributed by atoms with Gasteiger partial charge in [-0.25, -0.2) is 5.43 Å². The van der Waals surface area contributed by atoms with Crippen molar-refractivity contribution in [1.82, 2.24) is 10.4 Å². The minimum atomic E-state index is -0.405. The van der Waals surface area contributed by atoms with Crippen LogP contribution in [0.15, 0.2) is 41.5 Å². The number of benzene rings is 2. The van der Waals surface area contributed by atoms with Gasteiger partial charge in [-0.05, 0) is 35.9 Å². The predicted octanol–water partition coefficient (Wildman–Crippen LogP) is 2.66. The Labute approximate surface area is 155 Å². The summed E-state index contributed by atoms with van der Waals surface area (Å²) in [5, 5.41) is 14.5. The van der Waals surface area contributed by atoms with Crippen molar-refractivity contribution in [3.05, 3.63) is 47.7 Å². The summed E-state index contributed by atoms with van der Waals surface area (Å²) in [6.45, 7) is 0. The number of fused-ring (bicyclic) bond motifs is 1. The highest BCUT2D eigenvalue weighted by atomic mass is 16.5. The molecule has 0 aliphatic rings. The zero-order chi connectivity index (χ0) is 19.4. The van der Waals surface area contributed by atoms with E-state index in [1.54, 1.807) is 44.6 Å². The Hall–Kier alpha value is -3.68. The molecule has 8 nitrogen and oxygen atoms in total. The molecule has 0 spiro atoms. The lowest BCUT2D eigenvalue weighted by molar-refractivity contribution is 0.0951. The SMILES string of the molecule is COc1ccc(C=NNC(=O)c2cc3cc(OC)c(OC)cc3[nH]2)cc1O. The van der Waals surface area contributed by atoms with E-state index in [-0.39, 0.29) is 5.75 Å². The van der Waals surface area contributed by atoms with Crippen molar-refractivity contribution < 1.29 is 24.1 Å². The van der Waals surface area contributed by atoms with Crippen LogP contribution in [0.5, 0.6) is 23.0 Å². The number of hydrogen-bond acceptors (Lipinski definition) is 6. The third-order valence-electron chi connectivity index (χ3n) is 3.95. The monoisotopic (exact) mass is 369 g/mol. The molecule has 0 saturated carbocycles. The quantitative estimate of drug-likeness (QED) is 0.458. The molecule has 1 amide bonds. The van der Waals surface area contributed by atoms with E-state index in [4.69, 9.17) is 14.2 Å². The molecule has 0 atom stereocenters. The van der Waals surface area contributed by atoms with Crippen LogP contribution in [0.3, 0.4) is 0 Å². The fourth-order valence-corrected chi connectivity index (χ4v) is 2.59. The highest BCUT2D eigenvalue weighted by Crippen LogP contribution is 2.32. The minimum Gasteiger partial charge on any atom is -0.504 e. The first-order valence-electron chi connectivity index (χ1n) is 8.01. The molecule has 0 aliphatic heterocycles. The van der Waals surface area contributed by atoms with Crippen LogP contribution in [0.4, 0.5) is 0 Å². The molecule has 2 aromatic carbocycles. The Balaban J connectivity index is 1.75. The van der Waals surface area contributed by atoms with E-state index in [0.717, 1.165) is 10.9 Å². The Morgan fingerprint density at radius 1 is 1.04 bits per heavy atom. The van der Waals surface area contributed by atoms with Crippen molar-refractivity contribution in [1.29, 1.82) is 0 Å². The van der Waals surface area contributed by atoms with E-state index in [0.29, 0.717) is 28.5 Å². The largest absolute Gasteiger partial charge is 0.504 e. The summed E-state index contributed by atoms with van der Waals surface area (Å²) in [5.41, 5.74) is 4.13. The first-order valence-corrected chi connectivity index (χ1v) is 8.01. The second-order valence-corrected chi connectivity index (χ2v) is 5.61. The third-order valence-corrected chi connectivity index (χ3v) is 3.95. The Bertz CT molecular complexity index is 969. The van der Waals surface area contributed by atoms with E-state index >= 15 is 0 Å². The third kappa shape index (κ3) is 3.79. The number of hydrogen-bond donors (Lipinski definition) is 3. The van der Waals surface area contributed by atoms with Crippen LogP contribution in [0.2, 0.25) is 0 Å². The highest BCUT2D eigenvalue weighted by molar-refractivity contribution is 5.99. The molecule has 3 rings (SSSR count). The standard InChI is InChI=1S/C19H19N3O5/c1-25-16-5-4-11(6-15(16)23)10-20-22-19(24)14-7-12-8-17(26-2)18(27-3)9-13(12)21-14/h4-10,21,23H,1-3H3,(H,22,24). The summed E-state index contributed by atoms with van der Waals surface area (Å²) in [7, 11) is 4.57. The summed E-state index contributed by atoms with van der Waals surface area (Å²) in [4.78, 5) is 15.3. The van der Waals surface area contributed by atoms with Crippen molar-refractivity contribution >= 4 is 23.0 Å². The molecule has 1 aromatic heterocycles. The molecule has 3 N–H and O–H groups in total. The molecule has 1 heterocycles. The number of ether oxygens (including phenoxy) is 3. The maximum atomic E-state index is 12.3. The molecular formula is C19H19N3O5. The van der Waals surface area contributed by atoms with Crippen LogP contribution in [0.25, 0.3) is 10.9 Å². The van der Waals surface area contributed by atoms with Crippen molar-refractivity contribution in [3.8, 4) is 23.0 Å². The number of nitrogens with zero attached hydrogens (tertiary/aromatic N) is 1. The smallest absolute Gasteiger partial charge is 0.287 e. The lowest BCUT2D eigenvalue weighted by Crippen LogP contribution is -2.17. The van der Waals surface area contributed by atoms with E-state index in [1.807, 2.05) is 0 Å². The van der Waals surface area contributed by atoms with Gasteiger partial charge in [-0.15, -0.1) is 0 Å². The van der Waals surface area contributed by atoms with Crippen LogP contribution in [0.1, 0.15) is 16.1 Å². The summed E-state index contributed by atoms with van der Waals surface area (Å²) in [6, 6.07) is 10.0. The predicted molar refractivity (Wildman–Crippen MR) is 101 cm³/mol. The number of aromatic nitrogens is 1. The number of hydrazone groups is 1. The average molecular weight is 369 g/mol. The van der Waals surface area contributed by atoms with E-state index in [2.05, 4.69) is 15.5 Å². The summed E-state index contributed by atoms with van der Waals surface area (Å²) < 4.78 is 15.5. The Morgan fingerprint density at radius 2 is 1.74 bits per heavy atom. The number of phenolic OH excluding ortho intramolecular Hbond substituents is 1. The number of carbonyl (C=O) groups excluding carboxylic acids is 1. The second-order valence-electron chi connectivity index (χ2n) is 5.61. The van der Waals surface area contributed by atoms with Crippen LogP contribution < -0.4 is 19.6 Å². The number of aromatic hydroxyl groups is 1. The first kappa shape index (κ1) is 18.1. The van der Waals surface area contributed by atoms with E-state index < -0.39 is 5.91 Å². The summed E-state index contributed by atoms with van der Waals surface area (Å²) in [6.07, 6.45) is 1.42. The molecule has 0 bridgehead atoms. The molecule has 140 valence electrons. The van der Waals surface area contributed by atoms with Gasteiger partial charge in [0.1, 0.15) is 5.69 Å². The van der Waals surface area contributed by atoms with Gasteiger partial charge in [0.05, 0.1) is 27.5 Å². The van der Waals surface area contributed by atoms with Gasteiger partial charge >= 0.3 is 0 Å². The molecule has 3 aromatic rings. The normalized spacial score (nSPS) is 10.9. The first-order chi connectivity index (χ1) is 13.0. The summed E-state index contributed by atoms with van der Waals surface area (Å²) in [5.74, 6) is 1.09. The van der Waals surface area contributed by atoms with Gasteiger partial charge in [-0.2, -0.15) is 5.10 Å². The van der Waals surface area contributed by atoms with E-state index in [1.165, 1.54) is 19.4 Å². The van der Waals surface area contributed by atoms with Crippen molar-refractivity contribution in [2.75, 3.05) is 21.3 Å². The zero-order valence-corrected chi connectivity index (χ0v) is 15.1. The molecule has 0 radical (unpaired) electrons. The van der Waals surface area contributed by atoms with Gasteiger partial charge in [0, 0.05) is 17.0 Å². The number of methoxy groups -OCH3 is 3. The van der Waals surface area contributed by atoms with Gasteiger partial charge in [0.25, 0.3) is 5.91 Å². The van der Waals surface area contributed by atoms with Crippen LogP contribution in [-0.2, 0) is 0 Å². The average Bonchev–Trinajstić information content (AvgIpc) is 3.10. The number of nitrogens with one attached hydrogen (secondary N) is 2. The molecule has 0 fully saturated rings. The number of phenols is 1. The zero-order valence-electron chi connectivity index (χ0n) is 15.1. The van der Waals surface area contributed by atoms with Crippen molar-refractivity contribution in [2.24, 2.45) is 5.10 Å². The number of rotatable bonds is 6. The fourth-order valence-electron chi connectivity index (χ4n) is 2.59. The summed E-state index contributed by atoms with van der Waals surface area (Å²) >= 11 is 0. The molecule has 0 unspecified atom stereocenters. The fraction of sp³-hybridized carbons (Fsp3) is 0.158. The lowest BCUT2D eigenvalue weighted by atomic mass is 10.2. The Kier molecular flexibility index (Phi) is 5.16. The number of carbonyl (C=O) groups is 1. The molecule has 8 heteroatoms. The molecule has 0 aliphatic carbocycles. The maximum Gasteiger partial charge on any atom is 0.287 e. The highest BCUT2D eigenvalue weighted by Gasteiger charge is 2.12. The number of aromatic amines is 1. The van der Waals surface area contributed by atoms with E-state index in [9.17, 15) is 9.90 Å². The molecule has 0 saturated heterocycles. The van der Waals surface area contributed by atoms with Crippen LogP contribution in [0, 0.1) is 0 Å². The van der Waals surface area contributed by atoms with Gasteiger partial charge < -0.3 is 24.3 Å². The number of H-pyrrole nitrogens is 1. The lowest BCUT2D eigenvalue weighted by Gasteiger charge is -2.06. The topological polar surface area (TPSA) is 105 Å². The maximum absolute atomic E-state index is 12.3. The van der Waals surface area contributed by atoms with Gasteiger partial charge in [0.15, 0.2) is 23.0 Å². The molecule has 27 heavy (non-hydrogen) atoms.